The van der Waals surface area contributed by atoms with E-state index in [9.17, 15) is 14.4 Å². The monoisotopic (exact) mass is 533 g/mol. The average molecular weight is 534 g/mol. The molecule has 218 valence electrons. The van der Waals surface area contributed by atoms with Crippen LogP contribution in [-0.2, 0) is 33.3 Å². The van der Waals surface area contributed by atoms with Crippen molar-refractivity contribution in [3.8, 4) is 0 Å². The summed E-state index contributed by atoms with van der Waals surface area (Å²) < 4.78 is 21.7. The summed E-state index contributed by atoms with van der Waals surface area (Å²) in [6, 6.07) is 0. The third kappa shape index (κ3) is 24.3. The number of hydrogen-bond acceptors (Lipinski definition) is 8. The van der Waals surface area contributed by atoms with E-state index in [0.717, 1.165) is 19.3 Å². The predicted octanol–water partition coefficient (Wildman–Crippen LogP) is 1.72. The van der Waals surface area contributed by atoms with E-state index in [0.29, 0.717) is 78.7 Å². The highest BCUT2D eigenvalue weighted by atomic mass is 16.5. The summed E-state index contributed by atoms with van der Waals surface area (Å²) in [5.41, 5.74) is 5.38. The molecule has 0 aromatic heterocycles. The number of aliphatic carboxylic acids is 1. The number of hydrogen-bond donors (Lipinski definition) is 4. The van der Waals surface area contributed by atoms with E-state index in [-0.39, 0.29) is 35.7 Å². The molecule has 0 aliphatic carbocycles. The summed E-state index contributed by atoms with van der Waals surface area (Å²) in [4.78, 5) is 34.4. The van der Waals surface area contributed by atoms with Crippen LogP contribution in [-0.4, -0.2) is 95.4 Å². The van der Waals surface area contributed by atoms with Crippen LogP contribution in [0.2, 0.25) is 0 Å². The van der Waals surface area contributed by atoms with Gasteiger partial charge in [0.05, 0.1) is 59.3 Å². The molecule has 37 heavy (non-hydrogen) atoms. The minimum absolute atomic E-state index is 0.000394. The molecule has 5 N–H and O–H groups in total. The Labute approximate surface area is 222 Å². The smallest absolute Gasteiger partial charge is 0.305 e. The molecule has 0 spiro atoms. The van der Waals surface area contributed by atoms with E-state index >= 15 is 0 Å². The van der Waals surface area contributed by atoms with Crippen LogP contribution < -0.4 is 16.4 Å². The van der Waals surface area contributed by atoms with E-state index in [4.69, 9.17) is 29.8 Å². The lowest BCUT2D eigenvalue weighted by Gasteiger charge is -2.24. The molecule has 11 nitrogen and oxygen atoms in total. The second-order valence-corrected chi connectivity index (χ2v) is 10.7. The molecule has 0 saturated heterocycles. The molecule has 0 unspecified atom stereocenters. The Kier molecular flexibility index (Phi) is 20.2. The van der Waals surface area contributed by atoms with Crippen molar-refractivity contribution in [1.82, 2.24) is 10.6 Å². The maximum absolute atomic E-state index is 12.2. The number of carbonyl (C=O) groups excluding carboxylic acids is 2. The Morgan fingerprint density at radius 3 is 1.86 bits per heavy atom. The van der Waals surface area contributed by atoms with E-state index < -0.39 is 5.97 Å². The van der Waals surface area contributed by atoms with Crippen LogP contribution in [0.4, 0.5) is 0 Å². The van der Waals surface area contributed by atoms with Gasteiger partial charge in [-0.15, -0.1) is 0 Å². The highest BCUT2D eigenvalue weighted by Crippen LogP contribution is 2.20. The zero-order chi connectivity index (χ0) is 28.0. The number of rotatable bonds is 25. The maximum Gasteiger partial charge on any atom is 0.305 e. The molecular formula is C26H51N3O8. The van der Waals surface area contributed by atoms with Gasteiger partial charge in [0.25, 0.3) is 0 Å². The summed E-state index contributed by atoms with van der Waals surface area (Å²) in [5.74, 6) is -0.920. The zero-order valence-electron chi connectivity index (χ0n) is 23.4. The molecule has 0 radical (unpaired) electrons. The second kappa shape index (κ2) is 21.2. The fourth-order valence-electron chi connectivity index (χ4n) is 3.07. The van der Waals surface area contributed by atoms with Gasteiger partial charge >= 0.3 is 5.97 Å². The molecule has 0 aliphatic heterocycles. The van der Waals surface area contributed by atoms with Gasteiger partial charge in [-0.1, -0.05) is 34.1 Å². The van der Waals surface area contributed by atoms with Gasteiger partial charge in [-0.25, -0.2) is 0 Å². The number of unbranched alkanes of at least 4 members (excludes halogenated alkanes) is 2. The maximum atomic E-state index is 12.2. The number of ether oxygens (including phenoxy) is 4. The number of nitrogens with two attached hydrogens (primary N) is 1. The first-order valence-electron chi connectivity index (χ1n) is 13.2. The Morgan fingerprint density at radius 1 is 0.676 bits per heavy atom. The zero-order valence-corrected chi connectivity index (χ0v) is 23.4. The van der Waals surface area contributed by atoms with Gasteiger partial charge in [-0.3, -0.25) is 14.4 Å². The topological polar surface area (TPSA) is 158 Å². The van der Waals surface area contributed by atoms with Crippen molar-refractivity contribution in [3.05, 3.63) is 0 Å². The first-order chi connectivity index (χ1) is 17.5. The van der Waals surface area contributed by atoms with Crippen LogP contribution in [0.25, 0.3) is 0 Å². The van der Waals surface area contributed by atoms with Crippen LogP contribution in [0.3, 0.4) is 0 Å². The molecule has 0 rings (SSSR count). The second-order valence-electron chi connectivity index (χ2n) is 10.7. The molecule has 2 amide bonds. The largest absolute Gasteiger partial charge is 0.481 e. The van der Waals surface area contributed by atoms with Crippen LogP contribution in [0.5, 0.6) is 0 Å². The van der Waals surface area contributed by atoms with Crippen molar-refractivity contribution in [1.29, 1.82) is 0 Å². The first-order valence-corrected chi connectivity index (χ1v) is 13.2. The minimum Gasteiger partial charge on any atom is -0.481 e. The number of amides is 2. The van der Waals surface area contributed by atoms with Gasteiger partial charge in [0.2, 0.25) is 11.8 Å². The summed E-state index contributed by atoms with van der Waals surface area (Å²) in [7, 11) is 0. The molecule has 0 saturated carbocycles. The summed E-state index contributed by atoms with van der Waals surface area (Å²) in [6.07, 6.45) is 3.21. The van der Waals surface area contributed by atoms with Crippen molar-refractivity contribution < 1.29 is 38.4 Å². The number of carboxylic acid groups (broad SMARTS) is 1. The van der Waals surface area contributed by atoms with Crippen molar-refractivity contribution >= 4 is 17.8 Å². The van der Waals surface area contributed by atoms with E-state index in [2.05, 4.69) is 24.5 Å². The molecule has 0 heterocycles. The lowest BCUT2D eigenvalue weighted by atomic mass is 9.90. The van der Waals surface area contributed by atoms with Gasteiger partial charge in [0.1, 0.15) is 0 Å². The van der Waals surface area contributed by atoms with Crippen LogP contribution in [0, 0.1) is 10.8 Å². The third-order valence-electron chi connectivity index (χ3n) is 5.35. The summed E-state index contributed by atoms with van der Waals surface area (Å²) in [6.45, 7) is 13.0. The van der Waals surface area contributed by atoms with Crippen molar-refractivity contribution in [2.75, 3.05) is 72.5 Å². The van der Waals surface area contributed by atoms with E-state index in [1.165, 1.54) is 0 Å². The Hall–Kier alpha value is -1.79. The van der Waals surface area contributed by atoms with Crippen LogP contribution in [0.15, 0.2) is 0 Å². The Bertz CT molecular complexity index is 629. The fraction of sp³-hybridized carbons (Fsp3) is 0.885. The lowest BCUT2D eigenvalue weighted by molar-refractivity contribution is -0.138. The molecular weight excluding hydrogens is 482 g/mol. The predicted molar refractivity (Wildman–Crippen MR) is 141 cm³/mol. The van der Waals surface area contributed by atoms with Gasteiger partial charge in [-0.05, 0) is 24.8 Å². The first kappa shape index (κ1) is 35.2. The number of carbonyl (C=O) groups is 3. The Morgan fingerprint density at radius 2 is 1.24 bits per heavy atom. The third-order valence-corrected chi connectivity index (χ3v) is 5.35. The van der Waals surface area contributed by atoms with Gasteiger partial charge in [-0.2, -0.15) is 0 Å². The van der Waals surface area contributed by atoms with Crippen molar-refractivity contribution in [3.63, 3.8) is 0 Å². The standard InChI is InChI=1S/C26H51N3O8/c1-25(2,20-36-16-17-37-21-26(3,4)19-27)18-23(31)28-10-7-5-6-8-22(30)29-11-13-35-15-14-34-12-9-24(32)33/h5-21,27H2,1-4H3,(H,28,31)(H,29,30)(H,32,33). The quantitative estimate of drug-likeness (QED) is 0.128. The number of carboxylic acids is 1. The van der Waals surface area contributed by atoms with Crippen molar-refractivity contribution in [2.45, 2.75) is 66.2 Å². The molecule has 0 aromatic rings. The average Bonchev–Trinajstić information content (AvgIpc) is 2.81. The van der Waals surface area contributed by atoms with Gasteiger partial charge in [0.15, 0.2) is 0 Å². The molecule has 0 aromatic carbocycles. The summed E-state index contributed by atoms with van der Waals surface area (Å²) >= 11 is 0. The highest BCUT2D eigenvalue weighted by Gasteiger charge is 2.22. The van der Waals surface area contributed by atoms with E-state index in [1.54, 1.807) is 0 Å². The lowest BCUT2D eigenvalue weighted by Crippen LogP contribution is -2.32. The highest BCUT2D eigenvalue weighted by molar-refractivity contribution is 5.76. The van der Waals surface area contributed by atoms with Crippen molar-refractivity contribution in [2.24, 2.45) is 16.6 Å². The Balaban J connectivity index is 3.61. The van der Waals surface area contributed by atoms with Crippen LogP contribution in [0.1, 0.15) is 66.2 Å². The molecule has 11 heteroatoms. The molecule has 0 aliphatic rings. The SMILES string of the molecule is CC(C)(CN)COCCOCC(C)(C)CC(=O)NCCCCCC(=O)NCCOCCOCCC(=O)O. The molecule has 0 fully saturated rings. The molecule has 0 atom stereocenters. The minimum atomic E-state index is -0.893. The summed E-state index contributed by atoms with van der Waals surface area (Å²) in [5, 5.41) is 14.2. The molecule has 0 bridgehead atoms. The number of nitrogens with one attached hydrogen (secondary N) is 2. The normalized spacial score (nSPS) is 11.9. The van der Waals surface area contributed by atoms with Crippen LogP contribution >= 0.6 is 0 Å². The van der Waals surface area contributed by atoms with Gasteiger partial charge < -0.3 is 40.4 Å². The van der Waals surface area contributed by atoms with E-state index in [1.807, 2.05) is 13.8 Å². The fourth-order valence-corrected chi connectivity index (χ4v) is 3.07. The van der Waals surface area contributed by atoms with Gasteiger partial charge in [0, 0.05) is 31.3 Å².